The predicted molar refractivity (Wildman–Crippen MR) is 91.6 cm³/mol. The second-order valence-electron chi connectivity index (χ2n) is 5.64. The van der Waals surface area contributed by atoms with Crippen LogP contribution in [0.15, 0.2) is 18.2 Å². The zero-order valence-electron chi connectivity index (χ0n) is 14.0. The third-order valence-electron chi connectivity index (χ3n) is 3.13. The fourth-order valence-electron chi connectivity index (χ4n) is 2.10. The molecule has 0 amide bonds. The van der Waals surface area contributed by atoms with Crippen molar-refractivity contribution < 1.29 is 22.3 Å². The number of rotatable bonds is 7. The van der Waals surface area contributed by atoms with E-state index < -0.39 is 17.6 Å². The quantitative estimate of drug-likeness (QED) is 0.535. The van der Waals surface area contributed by atoms with Gasteiger partial charge in [-0.25, -0.2) is 9.37 Å². The van der Waals surface area contributed by atoms with Crippen molar-refractivity contribution in [1.82, 2.24) is 4.98 Å². The van der Waals surface area contributed by atoms with E-state index in [-0.39, 0.29) is 17.3 Å². The lowest BCUT2D eigenvalue weighted by atomic mass is 10.1. The van der Waals surface area contributed by atoms with Gasteiger partial charge in [0, 0.05) is 25.3 Å². The Kier molecular flexibility index (Phi) is 6.23. The summed E-state index contributed by atoms with van der Waals surface area (Å²) in [6, 6.07) is 2.47. The molecule has 0 aliphatic carbocycles. The van der Waals surface area contributed by atoms with Gasteiger partial charge < -0.3 is 15.4 Å². The molecule has 0 aliphatic rings. The lowest BCUT2D eigenvalue weighted by Gasteiger charge is -2.11. The second-order valence-corrected chi connectivity index (χ2v) is 6.64. The zero-order valence-corrected chi connectivity index (χ0v) is 14.8. The largest absolute Gasteiger partial charge is 0.416 e. The summed E-state index contributed by atoms with van der Waals surface area (Å²) in [5, 5.41) is 7.28. The van der Waals surface area contributed by atoms with E-state index in [4.69, 9.17) is 4.74 Å². The van der Waals surface area contributed by atoms with Gasteiger partial charge in [0.15, 0.2) is 5.13 Å². The molecule has 0 aliphatic heterocycles. The van der Waals surface area contributed by atoms with Crippen LogP contribution in [-0.4, -0.2) is 31.3 Å². The van der Waals surface area contributed by atoms with E-state index in [1.165, 1.54) is 11.3 Å². The van der Waals surface area contributed by atoms with E-state index in [2.05, 4.69) is 15.6 Å². The fourth-order valence-corrected chi connectivity index (χ4v) is 3.16. The summed E-state index contributed by atoms with van der Waals surface area (Å²) in [6.07, 6.45) is -4.63. The first-order valence-corrected chi connectivity index (χ1v) is 8.40. The van der Waals surface area contributed by atoms with Crippen molar-refractivity contribution in [1.29, 1.82) is 0 Å². The highest BCUT2D eigenvalue weighted by Gasteiger charge is 2.32. The molecule has 138 valence electrons. The number of hydrogen-bond donors (Lipinski definition) is 2. The number of anilines is 2. The Balaban J connectivity index is 2.43. The first-order valence-electron chi connectivity index (χ1n) is 7.59. The molecule has 0 saturated heterocycles. The topological polar surface area (TPSA) is 46.2 Å². The zero-order chi connectivity index (χ0) is 18.6. The number of nitrogens with one attached hydrogen (secondary N) is 2. The Morgan fingerprint density at radius 3 is 2.56 bits per heavy atom. The molecular weight excluding hydrogens is 358 g/mol. The number of alkyl halides is 3. The van der Waals surface area contributed by atoms with Crippen LogP contribution in [-0.2, 0) is 10.9 Å². The SMILES string of the molecule is COCCNc1nc(-c2cc(F)cc(C(F)(F)F)c2)c(NC(C)C)s1. The molecular formula is C16H19F4N3OS. The van der Waals surface area contributed by atoms with E-state index in [0.717, 1.165) is 12.1 Å². The molecule has 4 nitrogen and oxygen atoms in total. The summed E-state index contributed by atoms with van der Waals surface area (Å²) < 4.78 is 57.5. The minimum Gasteiger partial charge on any atom is -0.383 e. The summed E-state index contributed by atoms with van der Waals surface area (Å²) in [6.45, 7) is 4.75. The van der Waals surface area contributed by atoms with Crippen LogP contribution in [0.25, 0.3) is 11.3 Å². The maximum Gasteiger partial charge on any atom is 0.416 e. The summed E-state index contributed by atoms with van der Waals surface area (Å²) in [5.41, 5.74) is -0.685. The summed E-state index contributed by atoms with van der Waals surface area (Å²) in [4.78, 5) is 4.32. The van der Waals surface area contributed by atoms with Gasteiger partial charge in [-0.2, -0.15) is 13.2 Å². The number of aromatic nitrogens is 1. The van der Waals surface area contributed by atoms with Crippen LogP contribution in [0, 0.1) is 5.82 Å². The number of halogens is 4. The lowest BCUT2D eigenvalue weighted by molar-refractivity contribution is -0.137. The van der Waals surface area contributed by atoms with Crippen LogP contribution < -0.4 is 10.6 Å². The van der Waals surface area contributed by atoms with Gasteiger partial charge in [0.05, 0.1) is 12.2 Å². The van der Waals surface area contributed by atoms with E-state index in [1.807, 2.05) is 13.8 Å². The molecule has 2 rings (SSSR count). The average molecular weight is 377 g/mol. The minimum atomic E-state index is -4.63. The van der Waals surface area contributed by atoms with Gasteiger partial charge in [0.2, 0.25) is 0 Å². The monoisotopic (exact) mass is 377 g/mol. The maximum atomic E-state index is 13.7. The molecule has 0 atom stereocenters. The molecule has 0 unspecified atom stereocenters. The molecule has 0 radical (unpaired) electrons. The highest BCUT2D eigenvalue weighted by atomic mass is 32.1. The molecule has 1 aromatic heterocycles. The summed E-state index contributed by atoms with van der Waals surface area (Å²) >= 11 is 1.26. The molecule has 1 aromatic carbocycles. The van der Waals surface area contributed by atoms with Crippen molar-refractivity contribution in [2.75, 3.05) is 30.9 Å². The number of thiazole rings is 1. The Hall–Kier alpha value is -1.87. The molecule has 25 heavy (non-hydrogen) atoms. The Labute approximate surface area is 147 Å². The smallest absolute Gasteiger partial charge is 0.383 e. The van der Waals surface area contributed by atoms with Crippen LogP contribution in [0.2, 0.25) is 0 Å². The van der Waals surface area contributed by atoms with Gasteiger partial charge in [-0.05, 0) is 32.0 Å². The highest BCUT2D eigenvalue weighted by molar-refractivity contribution is 7.20. The molecule has 0 fully saturated rings. The van der Waals surface area contributed by atoms with Gasteiger partial charge in [0.1, 0.15) is 16.5 Å². The number of hydrogen-bond acceptors (Lipinski definition) is 5. The number of nitrogens with zero attached hydrogens (tertiary/aromatic N) is 1. The van der Waals surface area contributed by atoms with Crippen LogP contribution in [0.3, 0.4) is 0 Å². The van der Waals surface area contributed by atoms with Crippen molar-refractivity contribution >= 4 is 21.5 Å². The maximum absolute atomic E-state index is 13.7. The summed E-state index contributed by atoms with van der Waals surface area (Å²) in [7, 11) is 1.56. The number of benzene rings is 1. The van der Waals surface area contributed by atoms with Crippen molar-refractivity contribution in [3.8, 4) is 11.3 Å². The fraction of sp³-hybridized carbons (Fsp3) is 0.438. The molecule has 2 N–H and O–H groups in total. The molecule has 2 aromatic rings. The minimum absolute atomic E-state index is 0.0432. The van der Waals surface area contributed by atoms with Crippen LogP contribution in [0.1, 0.15) is 19.4 Å². The van der Waals surface area contributed by atoms with Crippen LogP contribution in [0.5, 0.6) is 0 Å². The molecule has 0 bridgehead atoms. The van der Waals surface area contributed by atoms with Crippen molar-refractivity contribution in [2.24, 2.45) is 0 Å². The Morgan fingerprint density at radius 1 is 1.24 bits per heavy atom. The Bertz CT molecular complexity index is 716. The van der Waals surface area contributed by atoms with E-state index in [1.54, 1.807) is 7.11 Å². The third kappa shape index (κ3) is 5.30. The van der Waals surface area contributed by atoms with Gasteiger partial charge >= 0.3 is 6.18 Å². The lowest BCUT2D eigenvalue weighted by Crippen LogP contribution is -2.09. The van der Waals surface area contributed by atoms with Gasteiger partial charge in [0.25, 0.3) is 0 Å². The standard InChI is InChI=1S/C16H19F4N3OS/c1-9(2)22-14-13(23-15(25-14)21-4-5-24-3)10-6-11(16(18,19)20)8-12(17)7-10/h6-9,22H,4-5H2,1-3H3,(H,21,23). The van der Waals surface area contributed by atoms with E-state index >= 15 is 0 Å². The molecule has 1 heterocycles. The molecule has 9 heteroatoms. The Morgan fingerprint density at radius 2 is 1.96 bits per heavy atom. The average Bonchev–Trinajstić information content (AvgIpc) is 2.88. The van der Waals surface area contributed by atoms with E-state index in [9.17, 15) is 17.6 Å². The van der Waals surface area contributed by atoms with Crippen LogP contribution >= 0.6 is 11.3 Å². The van der Waals surface area contributed by atoms with Crippen molar-refractivity contribution in [3.05, 3.63) is 29.6 Å². The second kappa shape index (κ2) is 8.01. The van der Waals surface area contributed by atoms with Crippen LogP contribution in [0.4, 0.5) is 27.7 Å². The molecule has 0 saturated carbocycles. The number of methoxy groups -OCH3 is 1. The van der Waals surface area contributed by atoms with Crippen molar-refractivity contribution in [2.45, 2.75) is 26.1 Å². The van der Waals surface area contributed by atoms with E-state index in [0.29, 0.717) is 29.4 Å². The van der Waals surface area contributed by atoms with Crippen molar-refractivity contribution in [3.63, 3.8) is 0 Å². The predicted octanol–water partition coefficient (Wildman–Crippen LogP) is 4.85. The normalized spacial score (nSPS) is 11.8. The third-order valence-corrected chi connectivity index (χ3v) is 4.07. The highest BCUT2D eigenvalue weighted by Crippen LogP contribution is 2.39. The first kappa shape index (κ1) is 19.5. The first-order chi connectivity index (χ1) is 11.7. The van der Waals surface area contributed by atoms with Gasteiger partial charge in [-0.1, -0.05) is 11.3 Å². The van der Waals surface area contributed by atoms with Gasteiger partial charge in [-0.3, -0.25) is 0 Å². The summed E-state index contributed by atoms with van der Waals surface area (Å²) in [5.74, 6) is -0.956. The molecule has 0 spiro atoms. The van der Waals surface area contributed by atoms with Gasteiger partial charge in [-0.15, -0.1) is 0 Å². The number of ether oxygens (including phenoxy) is 1.